The maximum absolute atomic E-state index is 12.9. The maximum Gasteiger partial charge on any atom is 0.325 e. The van der Waals surface area contributed by atoms with Crippen LogP contribution in [0.1, 0.15) is 23.9 Å². The summed E-state index contributed by atoms with van der Waals surface area (Å²) in [6.07, 6.45) is 1.48. The normalized spacial score (nSPS) is 19.2. The Balaban J connectivity index is 1.57. The first-order valence-electron chi connectivity index (χ1n) is 8.02. The first-order chi connectivity index (χ1) is 13.0. The van der Waals surface area contributed by atoms with Crippen LogP contribution < -0.4 is 5.32 Å². The molecule has 1 N–H and O–H groups in total. The fourth-order valence-corrected chi connectivity index (χ4v) is 2.87. The number of hydrogen-bond acceptors (Lipinski definition) is 7. The van der Waals surface area contributed by atoms with Gasteiger partial charge in [0, 0.05) is 0 Å². The molecule has 9 nitrogen and oxygen atoms in total. The summed E-state index contributed by atoms with van der Waals surface area (Å²) < 4.78 is 10.3. The van der Waals surface area contributed by atoms with Crippen LogP contribution in [0, 0.1) is 11.3 Å². The molecular weight excluding hydrogens is 350 g/mol. The molecule has 0 unspecified atom stereocenters. The number of urea groups is 1. The van der Waals surface area contributed by atoms with Crippen molar-refractivity contribution in [3.05, 3.63) is 59.7 Å². The molecule has 0 aliphatic carbocycles. The molecule has 0 radical (unpaired) electrons. The molecule has 134 valence electrons. The van der Waals surface area contributed by atoms with Crippen LogP contribution in [0.15, 0.2) is 51.6 Å². The third-order valence-electron chi connectivity index (χ3n) is 4.37. The van der Waals surface area contributed by atoms with Crippen molar-refractivity contribution in [3.63, 3.8) is 0 Å². The Labute approximate surface area is 153 Å². The Morgan fingerprint density at radius 1 is 1.26 bits per heavy atom. The van der Waals surface area contributed by atoms with Gasteiger partial charge in [-0.25, -0.2) is 4.79 Å². The van der Waals surface area contributed by atoms with E-state index in [1.54, 1.807) is 43.3 Å². The predicted octanol–water partition coefficient (Wildman–Crippen LogP) is 2.17. The summed E-state index contributed by atoms with van der Waals surface area (Å²) in [4.78, 5) is 30.4. The molecule has 0 spiro atoms. The van der Waals surface area contributed by atoms with Gasteiger partial charge in [0.05, 0.1) is 17.9 Å². The third-order valence-corrected chi connectivity index (χ3v) is 4.37. The van der Waals surface area contributed by atoms with Gasteiger partial charge < -0.3 is 14.3 Å². The van der Waals surface area contributed by atoms with E-state index < -0.39 is 17.5 Å². The quantitative estimate of drug-likeness (QED) is 0.704. The molecular formula is C18H13N5O4. The number of furan rings is 1. The van der Waals surface area contributed by atoms with Crippen LogP contribution in [0.4, 0.5) is 4.79 Å². The Kier molecular flexibility index (Phi) is 3.74. The minimum atomic E-state index is -1.24. The van der Waals surface area contributed by atoms with Gasteiger partial charge in [-0.3, -0.25) is 9.69 Å². The summed E-state index contributed by atoms with van der Waals surface area (Å²) >= 11 is 0. The summed E-state index contributed by atoms with van der Waals surface area (Å²) in [6, 6.07) is 11.3. The summed E-state index contributed by atoms with van der Waals surface area (Å²) in [7, 11) is 0. The second-order valence-corrected chi connectivity index (χ2v) is 6.12. The zero-order valence-corrected chi connectivity index (χ0v) is 14.2. The number of amides is 3. The number of aromatic nitrogens is 2. The smallest absolute Gasteiger partial charge is 0.325 e. The lowest BCUT2D eigenvalue weighted by Gasteiger charge is -2.21. The number of nitriles is 1. The van der Waals surface area contributed by atoms with Crippen molar-refractivity contribution in [2.45, 2.75) is 19.0 Å². The molecule has 1 aliphatic heterocycles. The summed E-state index contributed by atoms with van der Waals surface area (Å²) in [5.74, 6) is 0.311. The Morgan fingerprint density at radius 2 is 2.04 bits per heavy atom. The standard InChI is InChI=1S/C18H13N5O4/c1-18(12-6-4-11(9-19)5-7-12)16(24)23(17(25)21-18)10-14-20-15(22-27-14)13-3-2-8-26-13/h2-8H,10H2,1H3,(H,21,25)/t18-/m1/s1. The Hall–Kier alpha value is -3.93. The van der Waals surface area contributed by atoms with Crippen LogP contribution in [0.25, 0.3) is 11.6 Å². The Bertz CT molecular complexity index is 1050. The van der Waals surface area contributed by atoms with E-state index in [4.69, 9.17) is 14.2 Å². The average molecular weight is 363 g/mol. The Morgan fingerprint density at radius 3 is 2.70 bits per heavy atom. The van der Waals surface area contributed by atoms with Crippen molar-refractivity contribution in [2.75, 3.05) is 0 Å². The van der Waals surface area contributed by atoms with Crippen LogP contribution >= 0.6 is 0 Å². The van der Waals surface area contributed by atoms with Gasteiger partial charge in [-0.05, 0) is 36.8 Å². The van der Waals surface area contributed by atoms with E-state index in [1.165, 1.54) is 6.26 Å². The first kappa shape index (κ1) is 16.5. The lowest BCUT2D eigenvalue weighted by atomic mass is 9.91. The zero-order valence-electron chi connectivity index (χ0n) is 14.2. The number of rotatable bonds is 4. The second kappa shape index (κ2) is 6.10. The minimum Gasteiger partial charge on any atom is -0.461 e. The molecule has 0 bridgehead atoms. The summed E-state index contributed by atoms with van der Waals surface area (Å²) in [5.41, 5.74) is -0.203. The van der Waals surface area contributed by atoms with Gasteiger partial charge in [-0.1, -0.05) is 17.3 Å². The van der Waals surface area contributed by atoms with Crippen molar-refractivity contribution in [1.82, 2.24) is 20.4 Å². The monoisotopic (exact) mass is 363 g/mol. The van der Waals surface area contributed by atoms with Crippen LogP contribution in [-0.4, -0.2) is 27.0 Å². The van der Waals surface area contributed by atoms with Crippen LogP contribution in [-0.2, 0) is 16.9 Å². The molecule has 3 amide bonds. The lowest BCUT2D eigenvalue weighted by Crippen LogP contribution is -2.40. The van der Waals surface area contributed by atoms with Crippen LogP contribution in [0.2, 0.25) is 0 Å². The molecule has 1 aliphatic rings. The molecule has 1 aromatic carbocycles. The second-order valence-electron chi connectivity index (χ2n) is 6.12. The maximum atomic E-state index is 12.9. The highest BCUT2D eigenvalue weighted by Gasteiger charge is 2.49. The fourth-order valence-electron chi connectivity index (χ4n) is 2.87. The van der Waals surface area contributed by atoms with Crippen LogP contribution in [0.5, 0.6) is 0 Å². The average Bonchev–Trinajstić information content (AvgIpc) is 3.40. The predicted molar refractivity (Wildman–Crippen MR) is 89.6 cm³/mol. The van der Waals surface area contributed by atoms with Gasteiger partial charge in [0.25, 0.3) is 5.91 Å². The largest absolute Gasteiger partial charge is 0.461 e. The number of nitrogens with zero attached hydrogens (tertiary/aromatic N) is 4. The third kappa shape index (κ3) is 2.73. The van der Waals surface area contributed by atoms with E-state index >= 15 is 0 Å². The molecule has 3 heterocycles. The number of imide groups is 1. The van der Waals surface area contributed by atoms with Crippen molar-refractivity contribution in [3.8, 4) is 17.7 Å². The first-order valence-corrected chi connectivity index (χ1v) is 8.02. The molecule has 3 aromatic rings. The highest BCUT2D eigenvalue weighted by Crippen LogP contribution is 2.30. The zero-order chi connectivity index (χ0) is 19.0. The van der Waals surface area contributed by atoms with Gasteiger partial charge in [-0.2, -0.15) is 10.2 Å². The highest BCUT2D eigenvalue weighted by atomic mass is 16.5. The van der Waals surface area contributed by atoms with Gasteiger partial charge in [-0.15, -0.1) is 0 Å². The van der Waals surface area contributed by atoms with Crippen LogP contribution in [0.3, 0.4) is 0 Å². The van der Waals surface area contributed by atoms with Crippen molar-refractivity contribution >= 4 is 11.9 Å². The number of hydrogen-bond donors (Lipinski definition) is 1. The molecule has 4 rings (SSSR count). The van der Waals surface area contributed by atoms with E-state index in [-0.39, 0.29) is 18.3 Å². The fraction of sp³-hybridized carbons (Fsp3) is 0.167. The molecule has 2 aromatic heterocycles. The van der Waals surface area contributed by atoms with Crippen molar-refractivity contribution < 1.29 is 18.5 Å². The number of carbonyl (C=O) groups excluding carboxylic acids is 2. The summed E-state index contributed by atoms with van der Waals surface area (Å²) in [5, 5.41) is 15.4. The number of nitrogens with one attached hydrogen (secondary N) is 1. The molecule has 27 heavy (non-hydrogen) atoms. The van der Waals surface area contributed by atoms with E-state index in [9.17, 15) is 9.59 Å². The highest BCUT2D eigenvalue weighted by molar-refractivity contribution is 6.07. The van der Waals surface area contributed by atoms with Gasteiger partial charge in [0.1, 0.15) is 12.1 Å². The molecule has 1 atom stereocenters. The van der Waals surface area contributed by atoms with Crippen molar-refractivity contribution in [2.24, 2.45) is 0 Å². The summed E-state index contributed by atoms with van der Waals surface area (Å²) in [6.45, 7) is 1.45. The molecule has 1 fully saturated rings. The molecule has 1 saturated heterocycles. The van der Waals surface area contributed by atoms with E-state index in [1.807, 2.05) is 6.07 Å². The number of benzene rings is 1. The minimum absolute atomic E-state index is 0.106. The van der Waals surface area contributed by atoms with Gasteiger partial charge >= 0.3 is 6.03 Å². The topological polar surface area (TPSA) is 125 Å². The molecule has 0 saturated carbocycles. The van der Waals surface area contributed by atoms with E-state index in [0.717, 1.165) is 4.90 Å². The lowest BCUT2D eigenvalue weighted by molar-refractivity contribution is -0.131. The van der Waals surface area contributed by atoms with Gasteiger partial charge in [0.15, 0.2) is 5.76 Å². The molecule has 9 heteroatoms. The van der Waals surface area contributed by atoms with Crippen molar-refractivity contribution in [1.29, 1.82) is 5.26 Å². The SMILES string of the molecule is C[C@]1(c2ccc(C#N)cc2)NC(=O)N(Cc2nc(-c3ccco3)no2)C1=O. The van der Waals surface area contributed by atoms with E-state index in [2.05, 4.69) is 15.5 Å². The van der Waals surface area contributed by atoms with Gasteiger partial charge in [0.2, 0.25) is 11.7 Å². The van der Waals surface area contributed by atoms with E-state index in [0.29, 0.717) is 16.9 Å². The number of carbonyl (C=O) groups is 2.